The lowest BCUT2D eigenvalue weighted by atomic mass is 11.0. The van der Waals surface area contributed by atoms with Crippen LogP contribution in [0.15, 0.2) is 0 Å². The van der Waals surface area contributed by atoms with Crippen molar-refractivity contribution in [3.05, 3.63) is 0 Å². The van der Waals surface area contributed by atoms with Gasteiger partial charge in [0.2, 0.25) is 0 Å². The molecule has 0 radical (unpaired) electrons. The van der Waals surface area contributed by atoms with Crippen molar-refractivity contribution < 1.29 is 8.76 Å². The Hall–Kier alpha value is 0.460. The first-order valence-corrected chi connectivity index (χ1v) is 3.36. The molecule has 0 amide bonds. The maximum Gasteiger partial charge on any atom is 0.153 e. The van der Waals surface area contributed by atoms with Gasteiger partial charge in [-0.2, -0.15) is 12.6 Å². The summed E-state index contributed by atoms with van der Waals surface area (Å²) in [6, 6.07) is 0. The Kier molecular flexibility index (Phi) is 3.92. The molecule has 0 saturated carbocycles. The number of rotatable bonds is 2. The zero-order chi connectivity index (χ0) is 4.99. The largest absolute Gasteiger partial charge is 0.306 e. The second-order valence-corrected chi connectivity index (χ2v) is 2.25. The standard InChI is InChI=1S/C2H6O2S2/c3-6(4)2-1-5/h5H,1-2H2,(H,3,4). The van der Waals surface area contributed by atoms with Crippen molar-refractivity contribution in [2.45, 2.75) is 0 Å². The Labute approximate surface area is 44.6 Å². The third-order valence-corrected chi connectivity index (χ3v) is 1.35. The number of thiol groups is 1. The van der Waals surface area contributed by atoms with Gasteiger partial charge in [-0.15, -0.1) is 0 Å². The van der Waals surface area contributed by atoms with Crippen LogP contribution in [0.5, 0.6) is 0 Å². The van der Waals surface area contributed by atoms with Crippen LogP contribution in [0.25, 0.3) is 0 Å². The Bertz CT molecular complexity index is 53.5. The molecule has 0 fully saturated rings. The molecule has 0 bridgehead atoms. The van der Waals surface area contributed by atoms with E-state index in [9.17, 15) is 4.21 Å². The maximum atomic E-state index is 9.66. The molecule has 1 atom stereocenters. The molecule has 0 saturated heterocycles. The Morgan fingerprint density at radius 2 is 2.33 bits per heavy atom. The molecule has 0 spiro atoms. The molecule has 0 heterocycles. The van der Waals surface area contributed by atoms with Crippen molar-refractivity contribution in [3.8, 4) is 0 Å². The highest BCUT2D eigenvalue weighted by atomic mass is 32.2. The van der Waals surface area contributed by atoms with Crippen LogP contribution < -0.4 is 0 Å². The third-order valence-electron chi connectivity index (χ3n) is 0.266. The molecule has 4 heteroatoms. The summed E-state index contributed by atoms with van der Waals surface area (Å²) in [5, 5.41) is 0. The summed E-state index contributed by atoms with van der Waals surface area (Å²) < 4.78 is 17.6. The first-order chi connectivity index (χ1) is 2.77. The highest BCUT2D eigenvalue weighted by molar-refractivity contribution is 7.83. The van der Waals surface area contributed by atoms with Crippen LogP contribution in [0, 0.1) is 0 Å². The van der Waals surface area contributed by atoms with Gasteiger partial charge in [0, 0.05) is 5.75 Å². The van der Waals surface area contributed by atoms with Gasteiger partial charge < -0.3 is 4.55 Å². The van der Waals surface area contributed by atoms with E-state index in [0.29, 0.717) is 5.75 Å². The van der Waals surface area contributed by atoms with E-state index in [1.54, 1.807) is 0 Å². The molecule has 0 rings (SSSR count). The lowest BCUT2D eigenvalue weighted by Crippen LogP contribution is -1.93. The second kappa shape index (κ2) is 3.64. The minimum atomic E-state index is -1.64. The lowest BCUT2D eigenvalue weighted by molar-refractivity contribution is 0.566. The van der Waals surface area contributed by atoms with Crippen LogP contribution in [0.2, 0.25) is 0 Å². The predicted molar refractivity (Wildman–Crippen MR) is 29.5 cm³/mol. The molecule has 2 nitrogen and oxygen atoms in total. The van der Waals surface area contributed by atoms with E-state index in [1.807, 2.05) is 0 Å². The normalized spacial score (nSPS) is 14.3. The zero-order valence-corrected chi connectivity index (χ0v) is 4.84. The highest BCUT2D eigenvalue weighted by Gasteiger charge is 1.84. The molecular weight excluding hydrogens is 120 g/mol. The van der Waals surface area contributed by atoms with Crippen molar-refractivity contribution in [2.75, 3.05) is 11.5 Å². The van der Waals surface area contributed by atoms with Crippen LogP contribution in [-0.4, -0.2) is 20.3 Å². The summed E-state index contributed by atoms with van der Waals surface area (Å²) in [6.07, 6.45) is 0. The molecule has 1 unspecified atom stereocenters. The molecule has 38 valence electrons. The molecule has 0 aliphatic heterocycles. The topological polar surface area (TPSA) is 37.3 Å². The van der Waals surface area contributed by atoms with Gasteiger partial charge in [0.1, 0.15) is 0 Å². The highest BCUT2D eigenvalue weighted by Crippen LogP contribution is 1.75. The van der Waals surface area contributed by atoms with Gasteiger partial charge in [-0.3, -0.25) is 0 Å². The quantitative estimate of drug-likeness (QED) is 0.408. The fraction of sp³-hybridized carbons (Fsp3) is 1.00. The van der Waals surface area contributed by atoms with E-state index in [1.165, 1.54) is 0 Å². The van der Waals surface area contributed by atoms with Crippen molar-refractivity contribution in [3.63, 3.8) is 0 Å². The molecular formula is C2H6O2S2. The average molecular weight is 126 g/mol. The van der Waals surface area contributed by atoms with Crippen LogP contribution in [0.4, 0.5) is 0 Å². The van der Waals surface area contributed by atoms with Gasteiger partial charge in [-0.1, -0.05) is 0 Å². The fourth-order valence-electron chi connectivity index (χ4n) is 0.0781. The Morgan fingerprint density at radius 3 is 2.33 bits per heavy atom. The summed E-state index contributed by atoms with van der Waals surface area (Å²) in [7, 11) is 0. The number of hydrogen-bond donors (Lipinski definition) is 2. The van der Waals surface area contributed by atoms with E-state index in [2.05, 4.69) is 12.6 Å². The van der Waals surface area contributed by atoms with Gasteiger partial charge in [-0.05, 0) is 0 Å². The first-order valence-electron chi connectivity index (χ1n) is 1.45. The van der Waals surface area contributed by atoms with E-state index in [0.717, 1.165) is 0 Å². The zero-order valence-electron chi connectivity index (χ0n) is 3.13. The lowest BCUT2D eigenvalue weighted by Gasteiger charge is -1.80. The van der Waals surface area contributed by atoms with Crippen LogP contribution >= 0.6 is 12.6 Å². The Balaban J connectivity index is 2.83. The van der Waals surface area contributed by atoms with Crippen LogP contribution in [0.3, 0.4) is 0 Å². The van der Waals surface area contributed by atoms with Crippen molar-refractivity contribution in [1.82, 2.24) is 0 Å². The van der Waals surface area contributed by atoms with Crippen LogP contribution in [-0.2, 0) is 11.1 Å². The summed E-state index contributed by atoms with van der Waals surface area (Å²) in [4.78, 5) is 0. The second-order valence-electron chi connectivity index (χ2n) is 0.749. The summed E-state index contributed by atoms with van der Waals surface area (Å²) in [6.45, 7) is 0. The smallest absolute Gasteiger partial charge is 0.153 e. The molecule has 0 aliphatic carbocycles. The Morgan fingerprint density at radius 1 is 1.83 bits per heavy atom. The summed E-state index contributed by atoms with van der Waals surface area (Å²) >= 11 is 2.06. The van der Waals surface area contributed by atoms with Gasteiger partial charge in [0.05, 0.1) is 5.75 Å². The fourth-order valence-corrected chi connectivity index (χ4v) is 0.703. The molecule has 1 N–H and O–H groups in total. The SMILES string of the molecule is O=S(O)CCS. The third kappa shape index (κ3) is 4.46. The van der Waals surface area contributed by atoms with E-state index in [-0.39, 0.29) is 5.75 Å². The average Bonchev–Trinajstić information content (AvgIpc) is 1.35. The summed E-state index contributed by atoms with van der Waals surface area (Å²) in [5.74, 6) is 0.742. The van der Waals surface area contributed by atoms with Gasteiger partial charge in [-0.25, -0.2) is 4.21 Å². The minimum absolute atomic E-state index is 0.267. The van der Waals surface area contributed by atoms with E-state index >= 15 is 0 Å². The minimum Gasteiger partial charge on any atom is -0.306 e. The van der Waals surface area contributed by atoms with E-state index < -0.39 is 11.1 Å². The van der Waals surface area contributed by atoms with Crippen LogP contribution in [0.1, 0.15) is 0 Å². The number of hydrogen-bond acceptors (Lipinski definition) is 2. The van der Waals surface area contributed by atoms with Gasteiger partial charge >= 0.3 is 0 Å². The van der Waals surface area contributed by atoms with Crippen molar-refractivity contribution in [1.29, 1.82) is 0 Å². The predicted octanol–water partition coefficient (Wildman–Crippen LogP) is 0.138. The summed E-state index contributed by atoms with van der Waals surface area (Å²) in [5.41, 5.74) is 0. The molecule has 0 aromatic rings. The molecule has 6 heavy (non-hydrogen) atoms. The monoisotopic (exact) mass is 126 g/mol. The van der Waals surface area contributed by atoms with Gasteiger partial charge in [0.15, 0.2) is 11.1 Å². The molecule has 0 aromatic heterocycles. The van der Waals surface area contributed by atoms with Crippen molar-refractivity contribution >= 4 is 23.7 Å². The first kappa shape index (κ1) is 6.46. The van der Waals surface area contributed by atoms with E-state index in [4.69, 9.17) is 4.55 Å². The molecule has 0 aliphatic rings. The van der Waals surface area contributed by atoms with Crippen molar-refractivity contribution in [2.24, 2.45) is 0 Å². The van der Waals surface area contributed by atoms with Gasteiger partial charge in [0.25, 0.3) is 0 Å². The maximum absolute atomic E-state index is 9.66. The molecule has 0 aromatic carbocycles.